The van der Waals surface area contributed by atoms with E-state index in [9.17, 15) is 19.1 Å². The van der Waals surface area contributed by atoms with Crippen LogP contribution in [0.5, 0.6) is 0 Å². The number of ether oxygens (including phenoxy) is 1. The number of fused-ring (bicyclic) bond motifs is 1. The zero-order valence-electron chi connectivity index (χ0n) is 11.8. The topological polar surface area (TPSA) is 123 Å². The zero-order valence-corrected chi connectivity index (χ0v) is 12.5. The molecule has 2 aliphatic carbocycles. The number of hydrogen-bond donors (Lipinski definition) is 3. The Kier molecular flexibility index (Phi) is 3.58. The van der Waals surface area contributed by atoms with Gasteiger partial charge in [0.1, 0.15) is 10.7 Å². The first-order chi connectivity index (χ1) is 10.7. The first-order valence-electron chi connectivity index (χ1n) is 6.89. The van der Waals surface area contributed by atoms with Crippen LogP contribution in [-0.2, 0) is 20.9 Å². The smallest absolute Gasteiger partial charge is 0.342 e. The molecule has 23 heavy (non-hydrogen) atoms. The summed E-state index contributed by atoms with van der Waals surface area (Å²) in [7, 11) is 0. The van der Waals surface area contributed by atoms with E-state index in [1.54, 1.807) is 12.1 Å². The van der Waals surface area contributed by atoms with E-state index in [1.807, 2.05) is 0 Å². The normalized spacial score (nSPS) is 38.1. The maximum atomic E-state index is 14.3. The lowest BCUT2D eigenvalue weighted by Crippen LogP contribution is -2.60. The van der Waals surface area contributed by atoms with Crippen molar-refractivity contribution in [3.63, 3.8) is 0 Å². The van der Waals surface area contributed by atoms with E-state index in [0.717, 1.165) is 0 Å². The molecule has 1 aromatic rings. The van der Waals surface area contributed by atoms with Crippen LogP contribution in [0.4, 0.5) is 4.39 Å². The van der Waals surface area contributed by atoms with Crippen molar-refractivity contribution in [2.45, 2.75) is 30.3 Å². The van der Waals surface area contributed by atoms with Gasteiger partial charge in [-0.15, -0.1) is 0 Å². The highest BCUT2D eigenvalue weighted by atomic mass is 35.5. The van der Waals surface area contributed by atoms with Gasteiger partial charge >= 0.3 is 11.9 Å². The lowest BCUT2D eigenvalue weighted by atomic mass is 9.88. The largest absolute Gasteiger partial charge is 0.480 e. The van der Waals surface area contributed by atoms with Crippen molar-refractivity contribution < 1.29 is 28.9 Å². The van der Waals surface area contributed by atoms with E-state index in [0.29, 0.717) is 10.7 Å². The molecular weight excluding hydrogens is 331 g/mol. The number of rotatable bonds is 5. The quantitative estimate of drug-likeness (QED) is 0.676. The maximum Gasteiger partial charge on any atom is 0.342 e. The SMILES string of the molecule is NC1(C(=O)O)C(OCc2ccc(Cl)nc2)CC2C1C2(F)C(=O)O. The van der Waals surface area contributed by atoms with Crippen molar-refractivity contribution in [3.05, 3.63) is 29.0 Å². The van der Waals surface area contributed by atoms with Gasteiger partial charge < -0.3 is 20.7 Å². The molecule has 0 aliphatic heterocycles. The minimum Gasteiger partial charge on any atom is -0.480 e. The molecule has 0 spiro atoms. The van der Waals surface area contributed by atoms with Crippen LogP contribution in [0.15, 0.2) is 18.3 Å². The molecule has 124 valence electrons. The van der Waals surface area contributed by atoms with Crippen LogP contribution in [0.25, 0.3) is 0 Å². The number of nitrogens with zero attached hydrogens (tertiary/aromatic N) is 1. The summed E-state index contributed by atoms with van der Waals surface area (Å²) in [6.45, 7) is 0.0207. The number of pyridine rings is 1. The van der Waals surface area contributed by atoms with Crippen molar-refractivity contribution in [2.24, 2.45) is 17.6 Å². The summed E-state index contributed by atoms with van der Waals surface area (Å²) in [6.07, 6.45) is 0.430. The number of aliphatic carboxylic acids is 2. The minimum atomic E-state index is -2.59. The zero-order chi connectivity index (χ0) is 17.0. The number of halogens is 2. The Balaban J connectivity index is 1.75. The summed E-state index contributed by atoms with van der Waals surface area (Å²) in [6, 6.07) is 3.21. The molecule has 0 aromatic carbocycles. The molecule has 0 saturated heterocycles. The summed E-state index contributed by atoms with van der Waals surface area (Å²) in [5.74, 6) is -5.39. The number of carboxylic acids is 2. The van der Waals surface area contributed by atoms with Crippen LogP contribution in [-0.4, -0.2) is 44.4 Å². The first kappa shape index (κ1) is 16.1. The monoisotopic (exact) mass is 344 g/mol. The number of alkyl halides is 1. The highest BCUT2D eigenvalue weighted by Gasteiger charge is 2.85. The molecule has 0 bridgehead atoms. The summed E-state index contributed by atoms with van der Waals surface area (Å²) in [5, 5.41) is 18.7. The second-order valence-corrected chi connectivity index (χ2v) is 6.31. The molecule has 2 fully saturated rings. The molecule has 5 unspecified atom stereocenters. The lowest BCUT2D eigenvalue weighted by Gasteiger charge is -2.31. The van der Waals surface area contributed by atoms with Gasteiger partial charge in [-0.05, 0) is 18.1 Å². The molecule has 2 saturated carbocycles. The van der Waals surface area contributed by atoms with Crippen molar-refractivity contribution >= 4 is 23.5 Å². The second-order valence-electron chi connectivity index (χ2n) is 5.92. The average molecular weight is 345 g/mol. The van der Waals surface area contributed by atoms with Gasteiger partial charge in [0.25, 0.3) is 0 Å². The van der Waals surface area contributed by atoms with E-state index in [-0.39, 0.29) is 13.0 Å². The summed E-state index contributed by atoms with van der Waals surface area (Å²) in [4.78, 5) is 26.4. The van der Waals surface area contributed by atoms with Crippen molar-refractivity contribution in [1.29, 1.82) is 0 Å². The summed E-state index contributed by atoms with van der Waals surface area (Å²) < 4.78 is 19.9. The Morgan fingerprint density at radius 1 is 1.43 bits per heavy atom. The van der Waals surface area contributed by atoms with Crippen LogP contribution in [0.3, 0.4) is 0 Å². The van der Waals surface area contributed by atoms with Gasteiger partial charge in [-0.3, -0.25) is 4.79 Å². The molecule has 1 aromatic heterocycles. The number of carboxylic acid groups (broad SMARTS) is 2. The van der Waals surface area contributed by atoms with Gasteiger partial charge in [0.2, 0.25) is 5.67 Å². The predicted octanol–water partition coefficient (Wildman–Crippen LogP) is 0.845. The van der Waals surface area contributed by atoms with Crippen LogP contribution in [0, 0.1) is 11.8 Å². The van der Waals surface area contributed by atoms with Gasteiger partial charge in [0.15, 0.2) is 0 Å². The summed E-state index contributed by atoms with van der Waals surface area (Å²) >= 11 is 5.66. The molecule has 2 aliphatic rings. The Morgan fingerprint density at radius 3 is 2.65 bits per heavy atom. The Morgan fingerprint density at radius 2 is 2.13 bits per heavy atom. The molecule has 3 rings (SSSR count). The van der Waals surface area contributed by atoms with Gasteiger partial charge in [-0.1, -0.05) is 17.7 Å². The Bertz CT molecular complexity index is 672. The Labute approximate surface area is 135 Å². The number of nitrogens with two attached hydrogens (primary N) is 1. The third-order valence-corrected chi connectivity index (χ3v) is 4.96. The Hall–Kier alpha value is -1.77. The second kappa shape index (κ2) is 5.12. The van der Waals surface area contributed by atoms with Crippen molar-refractivity contribution in [2.75, 3.05) is 0 Å². The molecule has 4 N–H and O–H groups in total. The summed E-state index contributed by atoms with van der Waals surface area (Å²) in [5.41, 5.74) is 1.85. The maximum absolute atomic E-state index is 14.3. The van der Waals surface area contributed by atoms with Gasteiger partial charge in [-0.2, -0.15) is 0 Å². The third-order valence-electron chi connectivity index (χ3n) is 4.74. The number of carbonyl (C=O) groups is 2. The molecule has 5 atom stereocenters. The molecule has 0 radical (unpaired) electrons. The van der Waals surface area contributed by atoms with Crippen LogP contribution in [0.2, 0.25) is 5.15 Å². The van der Waals surface area contributed by atoms with Crippen molar-refractivity contribution in [3.8, 4) is 0 Å². The number of aromatic nitrogens is 1. The number of hydrogen-bond acceptors (Lipinski definition) is 5. The predicted molar refractivity (Wildman–Crippen MR) is 75.5 cm³/mol. The highest BCUT2D eigenvalue weighted by Crippen LogP contribution is 2.67. The fourth-order valence-corrected chi connectivity index (χ4v) is 3.61. The van der Waals surface area contributed by atoms with Crippen molar-refractivity contribution in [1.82, 2.24) is 4.98 Å². The van der Waals surface area contributed by atoms with E-state index in [2.05, 4.69) is 4.98 Å². The van der Waals surface area contributed by atoms with Crippen LogP contribution in [0.1, 0.15) is 12.0 Å². The molecule has 1 heterocycles. The third kappa shape index (κ3) is 2.20. The van der Waals surface area contributed by atoms with E-state index in [1.165, 1.54) is 6.20 Å². The fourth-order valence-electron chi connectivity index (χ4n) is 3.50. The molecule has 9 heteroatoms. The first-order valence-corrected chi connectivity index (χ1v) is 7.26. The standard InChI is InChI=1S/C14H14ClFN2O5/c15-9-2-1-6(4-18-9)5-23-8-3-7-10(13(7,16)11(19)20)14(8,17)12(21)22/h1-2,4,7-8,10H,3,5,17H2,(H,19,20)(H,21,22). The molecular formula is C14H14ClFN2O5. The van der Waals surface area contributed by atoms with E-state index >= 15 is 0 Å². The van der Waals surface area contributed by atoms with E-state index in [4.69, 9.17) is 27.2 Å². The van der Waals surface area contributed by atoms with Crippen LogP contribution >= 0.6 is 11.6 Å². The van der Waals surface area contributed by atoms with Gasteiger partial charge in [-0.25, -0.2) is 14.2 Å². The van der Waals surface area contributed by atoms with E-state index < -0.39 is 41.1 Å². The fraction of sp³-hybridized carbons (Fsp3) is 0.500. The highest BCUT2D eigenvalue weighted by molar-refractivity contribution is 6.29. The molecule has 7 nitrogen and oxygen atoms in total. The van der Waals surface area contributed by atoms with Crippen LogP contribution < -0.4 is 5.73 Å². The molecule has 0 amide bonds. The minimum absolute atomic E-state index is 0.0207. The lowest BCUT2D eigenvalue weighted by molar-refractivity contribution is -0.156. The average Bonchev–Trinajstić information content (AvgIpc) is 2.96. The van der Waals surface area contributed by atoms with Gasteiger partial charge in [0, 0.05) is 18.0 Å². The van der Waals surface area contributed by atoms with Gasteiger partial charge in [0.05, 0.1) is 12.7 Å².